The number of hydrogen-bond acceptors (Lipinski definition) is 3. The Morgan fingerprint density at radius 1 is 1.50 bits per heavy atom. The van der Waals surface area contributed by atoms with Gasteiger partial charge in [-0.3, -0.25) is 4.79 Å². The number of ether oxygens (including phenoxy) is 1. The van der Waals surface area contributed by atoms with E-state index in [-0.39, 0.29) is 11.8 Å². The molecule has 0 fully saturated rings. The van der Waals surface area contributed by atoms with E-state index in [9.17, 15) is 4.79 Å². The number of fused-ring (bicyclic) bond motifs is 1. The standard InChI is InChI=1S/C15H21NO2/c1-11(7-8-18-2)15(17)14-10-16-9-12-5-3-4-6-13(12)14/h3-6,11,14,16H,7-10H2,1-2H3. The maximum atomic E-state index is 12.5. The van der Waals surface area contributed by atoms with Gasteiger partial charge in [0.2, 0.25) is 0 Å². The molecule has 2 rings (SSSR count). The van der Waals surface area contributed by atoms with Gasteiger partial charge in [0.05, 0.1) is 5.92 Å². The van der Waals surface area contributed by atoms with Crippen LogP contribution in [0.4, 0.5) is 0 Å². The van der Waals surface area contributed by atoms with Crippen LogP contribution in [0.3, 0.4) is 0 Å². The van der Waals surface area contributed by atoms with E-state index in [2.05, 4.69) is 17.4 Å². The van der Waals surface area contributed by atoms with E-state index in [0.717, 1.165) is 19.5 Å². The highest BCUT2D eigenvalue weighted by Crippen LogP contribution is 2.27. The molecule has 0 radical (unpaired) electrons. The monoisotopic (exact) mass is 247 g/mol. The smallest absolute Gasteiger partial charge is 0.144 e. The molecule has 3 heteroatoms. The predicted molar refractivity (Wildman–Crippen MR) is 71.6 cm³/mol. The zero-order valence-corrected chi connectivity index (χ0v) is 11.1. The minimum atomic E-state index is 0.00167. The fourth-order valence-corrected chi connectivity index (χ4v) is 2.53. The first-order chi connectivity index (χ1) is 8.74. The maximum absolute atomic E-state index is 12.5. The molecule has 0 amide bonds. The lowest BCUT2D eigenvalue weighted by Gasteiger charge is -2.27. The third-order valence-corrected chi connectivity index (χ3v) is 3.68. The van der Waals surface area contributed by atoms with Crippen LogP contribution in [0.5, 0.6) is 0 Å². The van der Waals surface area contributed by atoms with Gasteiger partial charge >= 0.3 is 0 Å². The minimum absolute atomic E-state index is 0.00167. The molecular weight excluding hydrogens is 226 g/mol. The molecule has 3 nitrogen and oxygen atoms in total. The van der Waals surface area contributed by atoms with E-state index in [0.29, 0.717) is 12.4 Å². The number of nitrogens with one attached hydrogen (secondary N) is 1. The third kappa shape index (κ3) is 2.79. The number of benzene rings is 1. The first-order valence-corrected chi connectivity index (χ1v) is 6.55. The molecule has 2 unspecified atom stereocenters. The van der Waals surface area contributed by atoms with Gasteiger partial charge in [0, 0.05) is 32.7 Å². The van der Waals surface area contributed by atoms with Crippen LogP contribution in [0.2, 0.25) is 0 Å². The zero-order valence-electron chi connectivity index (χ0n) is 11.1. The summed E-state index contributed by atoms with van der Waals surface area (Å²) in [5.74, 6) is 0.386. The molecule has 98 valence electrons. The Kier molecular flexibility index (Phi) is 4.50. The van der Waals surface area contributed by atoms with Gasteiger partial charge in [-0.2, -0.15) is 0 Å². The predicted octanol–water partition coefficient (Wildman–Crippen LogP) is 2.12. The number of carbonyl (C=O) groups is 1. The maximum Gasteiger partial charge on any atom is 0.144 e. The number of ketones is 1. The first-order valence-electron chi connectivity index (χ1n) is 6.55. The second-order valence-electron chi connectivity index (χ2n) is 4.97. The van der Waals surface area contributed by atoms with Gasteiger partial charge in [-0.25, -0.2) is 0 Å². The van der Waals surface area contributed by atoms with Gasteiger partial charge in [-0.1, -0.05) is 31.2 Å². The van der Waals surface area contributed by atoms with Crippen LogP contribution in [0, 0.1) is 5.92 Å². The largest absolute Gasteiger partial charge is 0.385 e. The molecule has 18 heavy (non-hydrogen) atoms. The molecule has 1 N–H and O–H groups in total. The number of hydrogen-bond donors (Lipinski definition) is 1. The summed E-state index contributed by atoms with van der Waals surface area (Å²) >= 11 is 0. The van der Waals surface area contributed by atoms with Gasteiger partial charge in [-0.05, 0) is 17.5 Å². The van der Waals surface area contributed by atoms with E-state index in [4.69, 9.17) is 4.74 Å². The molecule has 0 bridgehead atoms. The molecule has 0 aromatic heterocycles. The van der Waals surface area contributed by atoms with Crippen molar-refractivity contribution in [2.24, 2.45) is 5.92 Å². The van der Waals surface area contributed by atoms with Gasteiger partial charge in [0.1, 0.15) is 5.78 Å². The van der Waals surface area contributed by atoms with Crippen LogP contribution in [0.15, 0.2) is 24.3 Å². The van der Waals surface area contributed by atoms with Crippen molar-refractivity contribution in [3.63, 3.8) is 0 Å². The van der Waals surface area contributed by atoms with Crippen molar-refractivity contribution >= 4 is 5.78 Å². The Balaban J connectivity index is 2.12. The molecule has 0 aliphatic carbocycles. The van der Waals surface area contributed by atoms with Crippen LogP contribution < -0.4 is 5.32 Å². The summed E-state index contributed by atoms with van der Waals surface area (Å²) in [6.07, 6.45) is 0.800. The van der Waals surface area contributed by atoms with Crippen LogP contribution in [-0.2, 0) is 16.1 Å². The van der Waals surface area contributed by atoms with Gasteiger partial charge in [0.15, 0.2) is 0 Å². The third-order valence-electron chi connectivity index (χ3n) is 3.68. The summed E-state index contributed by atoms with van der Waals surface area (Å²) < 4.78 is 5.05. The van der Waals surface area contributed by atoms with Crippen LogP contribution in [0.1, 0.15) is 30.4 Å². The van der Waals surface area contributed by atoms with E-state index in [1.807, 2.05) is 19.1 Å². The Labute approximate surface area is 109 Å². The second kappa shape index (κ2) is 6.12. The highest BCUT2D eigenvalue weighted by molar-refractivity contribution is 5.88. The van der Waals surface area contributed by atoms with Crippen molar-refractivity contribution in [3.05, 3.63) is 35.4 Å². The minimum Gasteiger partial charge on any atom is -0.385 e. The van der Waals surface area contributed by atoms with Crippen molar-refractivity contribution < 1.29 is 9.53 Å². The Bertz CT molecular complexity index is 417. The highest BCUT2D eigenvalue weighted by atomic mass is 16.5. The Hall–Kier alpha value is -1.19. The first kappa shape index (κ1) is 13.2. The molecule has 2 atom stereocenters. The quantitative estimate of drug-likeness (QED) is 0.866. The Morgan fingerprint density at radius 3 is 3.06 bits per heavy atom. The average Bonchev–Trinajstić information content (AvgIpc) is 2.43. The van der Waals surface area contributed by atoms with Crippen LogP contribution in [0.25, 0.3) is 0 Å². The average molecular weight is 247 g/mol. The van der Waals surface area contributed by atoms with E-state index < -0.39 is 0 Å². The lowest BCUT2D eigenvalue weighted by atomic mass is 9.82. The summed E-state index contributed by atoms with van der Waals surface area (Å²) in [4.78, 5) is 12.5. The van der Waals surface area contributed by atoms with Gasteiger partial charge in [0.25, 0.3) is 0 Å². The fourth-order valence-electron chi connectivity index (χ4n) is 2.53. The summed E-state index contributed by atoms with van der Waals surface area (Å²) in [7, 11) is 1.68. The number of methoxy groups -OCH3 is 1. The molecule has 0 spiro atoms. The molecular formula is C15H21NO2. The van der Waals surface area contributed by atoms with Gasteiger partial charge < -0.3 is 10.1 Å². The lowest BCUT2D eigenvalue weighted by Crippen LogP contribution is -2.35. The van der Waals surface area contributed by atoms with Crippen molar-refractivity contribution in [2.75, 3.05) is 20.3 Å². The fraction of sp³-hybridized carbons (Fsp3) is 0.533. The van der Waals surface area contributed by atoms with Crippen molar-refractivity contribution in [1.82, 2.24) is 5.32 Å². The highest BCUT2D eigenvalue weighted by Gasteiger charge is 2.28. The molecule has 1 heterocycles. The summed E-state index contributed by atoms with van der Waals surface area (Å²) in [6, 6.07) is 8.23. The van der Waals surface area contributed by atoms with Crippen LogP contribution in [-0.4, -0.2) is 26.0 Å². The molecule has 0 saturated carbocycles. The molecule has 1 aromatic rings. The van der Waals surface area contributed by atoms with Crippen molar-refractivity contribution in [3.8, 4) is 0 Å². The molecule has 1 aromatic carbocycles. The normalized spacial score (nSPS) is 20.2. The number of rotatable bonds is 5. The number of carbonyl (C=O) groups excluding carboxylic acids is 1. The van der Waals surface area contributed by atoms with E-state index >= 15 is 0 Å². The lowest BCUT2D eigenvalue weighted by molar-refractivity contribution is -0.124. The molecule has 1 aliphatic heterocycles. The van der Waals surface area contributed by atoms with E-state index in [1.54, 1.807) is 7.11 Å². The summed E-state index contributed by atoms with van der Waals surface area (Å²) in [5, 5.41) is 3.33. The zero-order chi connectivity index (χ0) is 13.0. The molecule has 1 aliphatic rings. The second-order valence-corrected chi connectivity index (χ2v) is 4.97. The van der Waals surface area contributed by atoms with E-state index in [1.165, 1.54) is 11.1 Å². The topological polar surface area (TPSA) is 38.3 Å². The van der Waals surface area contributed by atoms with Crippen molar-refractivity contribution in [2.45, 2.75) is 25.8 Å². The van der Waals surface area contributed by atoms with Gasteiger partial charge in [-0.15, -0.1) is 0 Å². The SMILES string of the molecule is COCCC(C)C(=O)C1CNCc2ccccc21. The Morgan fingerprint density at radius 2 is 2.28 bits per heavy atom. The summed E-state index contributed by atoms with van der Waals surface area (Å²) in [5.41, 5.74) is 2.45. The number of Topliss-reactive ketones (excluding diaryl/α,β-unsaturated/α-hetero) is 1. The molecule has 0 saturated heterocycles. The van der Waals surface area contributed by atoms with Crippen molar-refractivity contribution in [1.29, 1.82) is 0 Å². The summed E-state index contributed by atoms with van der Waals surface area (Å²) in [6.45, 7) is 4.27. The van der Waals surface area contributed by atoms with Crippen LogP contribution >= 0.6 is 0 Å².